The highest BCUT2D eigenvalue weighted by Gasteiger charge is 1.99. The molecule has 0 saturated carbocycles. The number of thioether (sulfide) groups is 1. The van der Waals surface area contributed by atoms with Crippen LogP contribution in [0.25, 0.3) is 0 Å². The molecule has 0 heterocycles. The molecule has 0 bridgehead atoms. The van der Waals surface area contributed by atoms with Gasteiger partial charge in [-0.25, -0.2) is 0 Å². The number of rotatable bonds is 7. The Morgan fingerprint density at radius 2 is 2.18 bits per heavy atom. The van der Waals surface area contributed by atoms with Gasteiger partial charge in [-0.15, -0.1) is 0 Å². The van der Waals surface area contributed by atoms with E-state index in [0.29, 0.717) is 18.9 Å². The topological polar surface area (TPSA) is 47.6 Å². The van der Waals surface area contributed by atoms with Crippen molar-refractivity contribution in [3.63, 3.8) is 0 Å². The van der Waals surface area contributed by atoms with Crippen molar-refractivity contribution in [2.45, 2.75) is 0 Å². The van der Waals surface area contributed by atoms with Gasteiger partial charge < -0.3 is 14.8 Å². The van der Waals surface area contributed by atoms with E-state index in [2.05, 4.69) is 5.32 Å². The van der Waals surface area contributed by atoms with Crippen molar-refractivity contribution in [3.05, 3.63) is 24.3 Å². The molecule has 0 aromatic heterocycles. The maximum atomic E-state index is 11.1. The summed E-state index contributed by atoms with van der Waals surface area (Å²) in [6, 6.07) is 7.38. The molecule has 0 aliphatic rings. The summed E-state index contributed by atoms with van der Waals surface area (Å²) in [6.07, 6.45) is 1.90. The summed E-state index contributed by atoms with van der Waals surface area (Å²) >= 11 is 1.50. The third-order valence-electron chi connectivity index (χ3n) is 2.01. The van der Waals surface area contributed by atoms with Crippen LogP contribution in [0.3, 0.4) is 0 Å². The van der Waals surface area contributed by atoms with Gasteiger partial charge in [0.05, 0.1) is 19.4 Å². The molecule has 0 spiro atoms. The van der Waals surface area contributed by atoms with E-state index in [0.717, 1.165) is 11.5 Å². The monoisotopic (exact) mass is 255 g/mol. The van der Waals surface area contributed by atoms with Crippen LogP contribution in [-0.4, -0.2) is 38.2 Å². The molecule has 1 aromatic rings. The molecule has 5 heteroatoms. The Kier molecular flexibility index (Phi) is 6.32. The minimum atomic E-state index is 0.0340. The molecule has 0 atom stereocenters. The fourth-order valence-corrected chi connectivity index (χ4v) is 1.60. The van der Waals surface area contributed by atoms with Gasteiger partial charge in [0, 0.05) is 6.07 Å². The minimum Gasteiger partial charge on any atom is -0.497 e. The van der Waals surface area contributed by atoms with Crippen LogP contribution in [0.2, 0.25) is 0 Å². The van der Waals surface area contributed by atoms with E-state index in [4.69, 9.17) is 9.47 Å². The van der Waals surface area contributed by atoms with Gasteiger partial charge in [0.2, 0.25) is 5.91 Å². The van der Waals surface area contributed by atoms with Crippen molar-refractivity contribution in [3.8, 4) is 11.5 Å². The number of carbonyl (C=O) groups excluding carboxylic acids is 1. The lowest BCUT2D eigenvalue weighted by molar-refractivity contribution is -0.118. The normalized spacial score (nSPS) is 9.76. The van der Waals surface area contributed by atoms with E-state index in [1.807, 2.05) is 30.5 Å². The lowest BCUT2D eigenvalue weighted by Gasteiger charge is -2.08. The SMILES string of the molecule is COc1cccc(OCCNC(=O)CSC)c1. The lowest BCUT2D eigenvalue weighted by Crippen LogP contribution is -2.29. The smallest absolute Gasteiger partial charge is 0.230 e. The predicted molar refractivity (Wildman–Crippen MR) is 69.9 cm³/mol. The van der Waals surface area contributed by atoms with E-state index in [1.165, 1.54) is 11.8 Å². The first kappa shape index (κ1) is 13.7. The third-order valence-corrected chi connectivity index (χ3v) is 2.56. The van der Waals surface area contributed by atoms with Crippen LogP contribution in [0.1, 0.15) is 0 Å². The van der Waals surface area contributed by atoms with Crippen molar-refractivity contribution < 1.29 is 14.3 Å². The number of nitrogens with one attached hydrogen (secondary N) is 1. The molecule has 1 rings (SSSR count). The molecule has 4 nitrogen and oxygen atoms in total. The summed E-state index contributed by atoms with van der Waals surface area (Å²) in [5, 5.41) is 2.77. The van der Waals surface area contributed by atoms with Crippen LogP contribution in [0.5, 0.6) is 11.5 Å². The van der Waals surface area contributed by atoms with Gasteiger partial charge in [0.15, 0.2) is 0 Å². The van der Waals surface area contributed by atoms with Gasteiger partial charge in [-0.1, -0.05) is 6.07 Å². The summed E-state index contributed by atoms with van der Waals surface area (Å²) in [7, 11) is 1.61. The van der Waals surface area contributed by atoms with E-state index in [9.17, 15) is 4.79 Å². The number of ether oxygens (including phenoxy) is 2. The van der Waals surface area contributed by atoms with E-state index < -0.39 is 0 Å². The molecule has 0 fully saturated rings. The van der Waals surface area contributed by atoms with Gasteiger partial charge in [-0.3, -0.25) is 4.79 Å². The Hall–Kier alpha value is -1.36. The Labute approximate surface area is 106 Å². The molecular formula is C12H17NO3S. The van der Waals surface area contributed by atoms with Crippen LogP contribution >= 0.6 is 11.8 Å². The summed E-state index contributed by atoms with van der Waals surface area (Å²) < 4.78 is 10.6. The second kappa shape index (κ2) is 7.84. The average molecular weight is 255 g/mol. The van der Waals surface area contributed by atoms with Crippen LogP contribution in [0.15, 0.2) is 24.3 Å². The molecule has 17 heavy (non-hydrogen) atoms. The summed E-state index contributed by atoms with van der Waals surface area (Å²) in [5.74, 6) is 2.02. The zero-order chi connectivity index (χ0) is 12.5. The molecule has 0 unspecified atom stereocenters. The summed E-state index contributed by atoms with van der Waals surface area (Å²) in [6.45, 7) is 0.962. The molecule has 1 amide bonds. The van der Waals surface area contributed by atoms with Crippen molar-refractivity contribution in [2.24, 2.45) is 0 Å². The maximum Gasteiger partial charge on any atom is 0.230 e. The second-order valence-corrected chi connectivity index (χ2v) is 4.18. The van der Waals surface area contributed by atoms with Crippen molar-refractivity contribution >= 4 is 17.7 Å². The van der Waals surface area contributed by atoms with Crippen molar-refractivity contribution in [1.29, 1.82) is 0 Å². The number of hydrogen-bond donors (Lipinski definition) is 1. The molecule has 1 N–H and O–H groups in total. The fraction of sp³-hybridized carbons (Fsp3) is 0.417. The first-order valence-electron chi connectivity index (χ1n) is 5.28. The Bertz CT molecular complexity index is 357. The van der Waals surface area contributed by atoms with E-state index in [1.54, 1.807) is 7.11 Å². The van der Waals surface area contributed by atoms with Crippen molar-refractivity contribution in [1.82, 2.24) is 5.32 Å². The molecule has 0 radical (unpaired) electrons. The van der Waals surface area contributed by atoms with Crippen LogP contribution in [-0.2, 0) is 4.79 Å². The summed E-state index contributed by atoms with van der Waals surface area (Å²) in [4.78, 5) is 11.1. The highest BCUT2D eigenvalue weighted by molar-refractivity contribution is 7.99. The minimum absolute atomic E-state index is 0.0340. The quantitative estimate of drug-likeness (QED) is 0.751. The van der Waals surface area contributed by atoms with Gasteiger partial charge in [0.1, 0.15) is 18.1 Å². The van der Waals surface area contributed by atoms with Crippen molar-refractivity contribution in [2.75, 3.05) is 32.3 Å². The predicted octanol–water partition coefficient (Wildman–Crippen LogP) is 1.55. The first-order chi connectivity index (χ1) is 8.26. The van der Waals surface area contributed by atoms with Crippen LogP contribution < -0.4 is 14.8 Å². The Morgan fingerprint density at radius 1 is 1.41 bits per heavy atom. The van der Waals surface area contributed by atoms with E-state index >= 15 is 0 Å². The Balaban J connectivity index is 2.24. The van der Waals surface area contributed by atoms with Gasteiger partial charge in [-0.2, -0.15) is 11.8 Å². The number of hydrogen-bond acceptors (Lipinski definition) is 4. The van der Waals surface area contributed by atoms with Crippen LogP contribution in [0, 0.1) is 0 Å². The lowest BCUT2D eigenvalue weighted by atomic mass is 10.3. The zero-order valence-corrected chi connectivity index (χ0v) is 10.9. The summed E-state index contributed by atoms with van der Waals surface area (Å²) in [5.41, 5.74) is 0. The van der Waals surface area contributed by atoms with Gasteiger partial charge in [0.25, 0.3) is 0 Å². The number of benzene rings is 1. The number of carbonyl (C=O) groups is 1. The zero-order valence-electron chi connectivity index (χ0n) is 10.1. The Morgan fingerprint density at radius 3 is 2.88 bits per heavy atom. The molecule has 0 aliphatic heterocycles. The molecule has 94 valence electrons. The molecule has 0 saturated heterocycles. The number of amides is 1. The highest BCUT2D eigenvalue weighted by atomic mass is 32.2. The average Bonchev–Trinajstić information content (AvgIpc) is 2.35. The molecular weight excluding hydrogens is 238 g/mol. The molecule has 0 aliphatic carbocycles. The van der Waals surface area contributed by atoms with Gasteiger partial charge in [-0.05, 0) is 18.4 Å². The first-order valence-corrected chi connectivity index (χ1v) is 6.68. The third kappa shape index (κ3) is 5.49. The van der Waals surface area contributed by atoms with Crippen LogP contribution in [0.4, 0.5) is 0 Å². The fourth-order valence-electron chi connectivity index (χ4n) is 1.23. The largest absolute Gasteiger partial charge is 0.497 e. The standard InChI is InChI=1S/C12H17NO3S/c1-15-10-4-3-5-11(8-10)16-7-6-13-12(14)9-17-2/h3-5,8H,6-7,9H2,1-2H3,(H,13,14). The van der Waals surface area contributed by atoms with E-state index in [-0.39, 0.29) is 5.91 Å². The number of methoxy groups -OCH3 is 1. The second-order valence-electron chi connectivity index (χ2n) is 3.31. The highest BCUT2D eigenvalue weighted by Crippen LogP contribution is 2.18. The van der Waals surface area contributed by atoms with Gasteiger partial charge >= 0.3 is 0 Å². The molecule has 1 aromatic carbocycles. The maximum absolute atomic E-state index is 11.1.